The number of aromatic nitrogens is 2. The van der Waals surface area contributed by atoms with Gasteiger partial charge in [0, 0.05) is 16.1 Å². The Morgan fingerprint density at radius 3 is 2.29 bits per heavy atom. The number of nitrogens with zero attached hydrogens (tertiary/aromatic N) is 2. The molecule has 4 aromatic rings. The molecule has 0 spiro atoms. The fraction of sp³-hybridized carbons (Fsp3) is 0.214. The minimum atomic E-state index is -0.0685. The predicted molar refractivity (Wildman–Crippen MR) is 142 cm³/mol. The molecule has 1 aromatic heterocycles. The van der Waals surface area contributed by atoms with Gasteiger partial charge in [-0.05, 0) is 40.8 Å². The van der Waals surface area contributed by atoms with Crippen molar-refractivity contribution in [3.63, 3.8) is 0 Å². The Balaban J connectivity index is 1.74. The number of hydrogen-bond donors (Lipinski definition) is 1. The van der Waals surface area contributed by atoms with E-state index in [-0.39, 0.29) is 16.6 Å². The minimum Gasteiger partial charge on any atom is -0.310 e. The van der Waals surface area contributed by atoms with Crippen LogP contribution in [0.3, 0.4) is 0 Å². The summed E-state index contributed by atoms with van der Waals surface area (Å²) < 4.78 is 1.86. The Kier molecular flexibility index (Phi) is 6.00. The van der Waals surface area contributed by atoms with Gasteiger partial charge in [-0.15, -0.1) is 11.8 Å². The quantitative estimate of drug-likeness (QED) is 0.330. The topological polar surface area (TPSA) is 46.9 Å². The Bertz CT molecular complexity index is 1320. The van der Waals surface area contributed by atoms with Gasteiger partial charge in [-0.2, -0.15) is 5.10 Å². The van der Waals surface area contributed by atoms with Crippen LogP contribution in [0.15, 0.2) is 78.9 Å². The van der Waals surface area contributed by atoms with Gasteiger partial charge in [-0.25, -0.2) is 4.68 Å². The van der Waals surface area contributed by atoms with E-state index in [9.17, 15) is 4.79 Å². The number of para-hydroxylation sites is 1. The highest BCUT2D eigenvalue weighted by molar-refractivity contribution is 8.00. The largest absolute Gasteiger partial charge is 0.310 e. The van der Waals surface area contributed by atoms with E-state index in [1.54, 1.807) is 11.8 Å². The van der Waals surface area contributed by atoms with Crippen LogP contribution >= 0.6 is 23.4 Å². The summed E-state index contributed by atoms with van der Waals surface area (Å²) >= 11 is 7.79. The SMILES string of the molecule is CC(C)(C)c1ccc(-c2nn(-c3ccccc3)c3c2[C@@H](c2ccc(Cl)cc2)SCC(=O)N3)cc1. The number of nitrogens with one attached hydrogen (secondary N) is 1. The fourth-order valence-corrected chi connectivity index (χ4v) is 5.46. The van der Waals surface area contributed by atoms with Crippen molar-refractivity contribution in [2.24, 2.45) is 0 Å². The average molecular weight is 488 g/mol. The molecule has 0 saturated carbocycles. The number of carbonyl (C=O) groups excluding carboxylic acids is 1. The molecule has 3 aromatic carbocycles. The average Bonchev–Trinajstić information content (AvgIpc) is 3.10. The molecule has 34 heavy (non-hydrogen) atoms. The second kappa shape index (κ2) is 8.97. The molecule has 0 saturated heterocycles. The van der Waals surface area contributed by atoms with Crippen LogP contribution in [0.25, 0.3) is 16.9 Å². The van der Waals surface area contributed by atoms with Crippen molar-refractivity contribution in [2.75, 3.05) is 11.1 Å². The lowest BCUT2D eigenvalue weighted by Crippen LogP contribution is -2.15. The normalized spacial score (nSPS) is 16.0. The maximum absolute atomic E-state index is 12.8. The summed E-state index contributed by atoms with van der Waals surface area (Å²) in [4.78, 5) is 12.8. The lowest BCUT2D eigenvalue weighted by Gasteiger charge is -2.19. The molecule has 0 radical (unpaired) electrons. The fourth-order valence-electron chi connectivity index (χ4n) is 4.21. The summed E-state index contributed by atoms with van der Waals surface area (Å²) in [5.74, 6) is 1.05. The summed E-state index contributed by atoms with van der Waals surface area (Å²) in [6, 6.07) is 26.4. The van der Waals surface area contributed by atoms with Crippen LogP contribution in [-0.2, 0) is 10.2 Å². The molecule has 0 aliphatic carbocycles. The highest BCUT2D eigenvalue weighted by Gasteiger charge is 2.32. The molecule has 6 heteroatoms. The number of hydrogen-bond acceptors (Lipinski definition) is 3. The lowest BCUT2D eigenvalue weighted by molar-refractivity contribution is -0.113. The smallest absolute Gasteiger partial charge is 0.235 e. The summed E-state index contributed by atoms with van der Waals surface area (Å²) in [5.41, 5.74) is 6.22. The first-order valence-corrected chi connectivity index (χ1v) is 12.7. The molecule has 1 aliphatic heterocycles. The third-order valence-electron chi connectivity index (χ3n) is 6.02. The first kappa shape index (κ1) is 22.8. The van der Waals surface area contributed by atoms with Gasteiger partial charge in [0.15, 0.2) is 0 Å². The number of rotatable bonds is 3. The van der Waals surface area contributed by atoms with Crippen LogP contribution in [0, 0.1) is 0 Å². The number of thioether (sulfide) groups is 1. The minimum absolute atomic E-state index is 0.0329. The highest BCUT2D eigenvalue weighted by Crippen LogP contribution is 2.47. The van der Waals surface area contributed by atoms with Crippen molar-refractivity contribution in [3.05, 3.63) is 101 Å². The Morgan fingerprint density at radius 2 is 1.65 bits per heavy atom. The third kappa shape index (κ3) is 4.38. The molecule has 0 unspecified atom stereocenters. The molecule has 1 amide bonds. The molecule has 5 rings (SSSR count). The molecule has 0 fully saturated rings. The Hall–Kier alpha value is -3.02. The van der Waals surface area contributed by atoms with Crippen molar-refractivity contribution in [3.8, 4) is 16.9 Å². The number of halogens is 1. The number of carbonyl (C=O) groups is 1. The second-order valence-electron chi connectivity index (χ2n) is 9.48. The Morgan fingerprint density at radius 1 is 0.971 bits per heavy atom. The van der Waals surface area contributed by atoms with E-state index in [0.29, 0.717) is 10.8 Å². The van der Waals surface area contributed by atoms with Crippen molar-refractivity contribution in [1.82, 2.24) is 9.78 Å². The zero-order valence-electron chi connectivity index (χ0n) is 19.4. The van der Waals surface area contributed by atoms with Gasteiger partial charge in [0.25, 0.3) is 0 Å². The van der Waals surface area contributed by atoms with Crippen LogP contribution in [0.4, 0.5) is 5.82 Å². The van der Waals surface area contributed by atoms with E-state index in [2.05, 4.69) is 50.4 Å². The second-order valence-corrected chi connectivity index (χ2v) is 11.0. The van der Waals surface area contributed by atoms with Gasteiger partial charge >= 0.3 is 0 Å². The van der Waals surface area contributed by atoms with E-state index in [1.165, 1.54) is 5.56 Å². The zero-order chi connectivity index (χ0) is 23.9. The lowest BCUT2D eigenvalue weighted by atomic mass is 9.86. The van der Waals surface area contributed by atoms with Crippen molar-refractivity contribution in [2.45, 2.75) is 31.4 Å². The van der Waals surface area contributed by atoms with Crippen LogP contribution in [0.1, 0.15) is 42.7 Å². The third-order valence-corrected chi connectivity index (χ3v) is 7.54. The maximum atomic E-state index is 12.8. The van der Waals surface area contributed by atoms with E-state index in [4.69, 9.17) is 16.7 Å². The van der Waals surface area contributed by atoms with Gasteiger partial charge < -0.3 is 5.32 Å². The van der Waals surface area contributed by atoms with Crippen LogP contribution in [-0.4, -0.2) is 21.4 Å². The molecular formula is C28H26ClN3OS. The van der Waals surface area contributed by atoms with E-state index < -0.39 is 0 Å². The molecule has 1 N–H and O–H groups in total. The van der Waals surface area contributed by atoms with Gasteiger partial charge in [0.1, 0.15) is 5.82 Å². The molecule has 1 atom stereocenters. The van der Waals surface area contributed by atoms with E-state index >= 15 is 0 Å². The summed E-state index contributed by atoms with van der Waals surface area (Å²) in [5, 5.41) is 8.82. The van der Waals surface area contributed by atoms with Crippen LogP contribution in [0.5, 0.6) is 0 Å². The van der Waals surface area contributed by atoms with Gasteiger partial charge in [0.2, 0.25) is 5.91 Å². The van der Waals surface area contributed by atoms with E-state index in [1.807, 2.05) is 59.3 Å². The van der Waals surface area contributed by atoms with E-state index in [0.717, 1.165) is 33.9 Å². The summed E-state index contributed by atoms with van der Waals surface area (Å²) in [7, 11) is 0. The molecule has 4 nitrogen and oxygen atoms in total. The Labute approximate surface area is 209 Å². The van der Waals surface area contributed by atoms with Gasteiger partial charge in [-0.1, -0.05) is 87.0 Å². The molecule has 1 aliphatic rings. The van der Waals surface area contributed by atoms with Gasteiger partial charge in [0.05, 0.1) is 22.4 Å². The van der Waals surface area contributed by atoms with Gasteiger partial charge in [-0.3, -0.25) is 4.79 Å². The summed E-state index contributed by atoms with van der Waals surface area (Å²) in [6.07, 6.45) is 0. The first-order valence-electron chi connectivity index (χ1n) is 11.3. The number of fused-ring (bicyclic) bond motifs is 1. The number of anilines is 1. The monoisotopic (exact) mass is 487 g/mol. The predicted octanol–water partition coefficient (Wildman–Crippen LogP) is 7.26. The van der Waals surface area contributed by atoms with Crippen LogP contribution in [0.2, 0.25) is 5.02 Å². The molecule has 0 bridgehead atoms. The van der Waals surface area contributed by atoms with Crippen molar-refractivity contribution < 1.29 is 4.79 Å². The first-order chi connectivity index (χ1) is 16.3. The zero-order valence-corrected chi connectivity index (χ0v) is 21.0. The maximum Gasteiger partial charge on any atom is 0.235 e. The van der Waals surface area contributed by atoms with Crippen LogP contribution < -0.4 is 5.32 Å². The summed E-state index contributed by atoms with van der Waals surface area (Å²) in [6.45, 7) is 6.63. The number of benzene rings is 3. The molecule has 2 heterocycles. The molecule has 172 valence electrons. The van der Waals surface area contributed by atoms with Crippen molar-refractivity contribution >= 4 is 35.1 Å². The number of amides is 1. The highest BCUT2D eigenvalue weighted by atomic mass is 35.5. The standard InChI is InChI=1S/C28H26ClN3OS/c1-28(2,3)20-13-9-18(10-14-20)25-24-26(19-11-15-21(29)16-12-19)34-17-23(33)30-27(24)32(31-25)22-7-5-4-6-8-22/h4-16,26H,17H2,1-3H3,(H,30,33)/t26-/m1/s1. The molecular weight excluding hydrogens is 462 g/mol. The van der Waals surface area contributed by atoms with Crippen molar-refractivity contribution in [1.29, 1.82) is 0 Å².